The summed E-state index contributed by atoms with van der Waals surface area (Å²) in [5.74, 6) is 2.74. The lowest BCUT2D eigenvalue weighted by Crippen LogP contribution is -2.50. The lowest BCUT2D eigenvalue weighted by atomic mass is 9.80. The molecule has 3 aliphatic carbocycles. The van der Waals surface area contributed by atoms with Crippen molar-refractivity contribution in [3.63, 3.8) is 0 Å². The number of thiazole rings is 1. The van der Waals surface area contributed by atoms with E-state index >= 15 is 0 Å². The minimum absolute atomic E-state index is 0.00576. The van der Waals surface area contributed by atoms with E-state index in [-0.39, 0.29) is 48.8 Å². The van der Waals surface area contributed by atoms with Crippen LogP contribution in [0.3, 0.4) is 0 Å². The first kappa shape index (κ1) is 83.0. The first-order chi connectivity index (χ1) is 57.2. The molecule has 12 aromatic rings. The molecule has 4 aliphatic rings. The maximum absolute atomic E-state index is 12.5. The van der Waals surface area contributed by atoms with Crippen LogP contribution >= 0.6 is 34.0 Å². The maximum atomic E-state index is 12.5. The van der Waals surface area contributed by atoms with Crippen LogP contribution in [0.15, 0.2) is 109 Å². The fraction of sp³-hybridized carbons (Fsp3) is 0.436. The lowest BCUT2D eigenvalue weighted by molar-refractivity contribution is -0.178. The molecule has 119 heavy (non-hydrogen) atoms. The fourth-order valence-corrected chi connectivity index (χ4v) is 23.5. The zero-order valence-electron chi connectivity index (χ0n) is 71.0. The molecule has 22 nitrogen and oxygen atoms in total. The summed E-state index contributed by atoms with van der Waals surface area (Å²) in [6.07, 6.45) is 4.69. The first-order valence-electron chi connectivity index (χ1n) is 41.9. The third kappa shape index (κ3) is 15.7. The number of hydrogen-bond donors (Lipinski definition) is 10. The Hall–Kier alpha value is -9.67. The number of nitrogens with one attached hydrogen (secondary N) is 6. The van der Waals surface area contributed by atoms with E-state index in [0.717, 1.165) is 110 Å². The van der Waals surface area contributed by atoms with Crippen molar-refractivity contribution in [2.45, 2.75) is 202 Å². The number of rotatable bonds is 32. The number of aliphatic hydroxyl groups is 4. The molecule has 3 saturated carbocycles. The molecule has 16 rings (SSSR count). The quantitative estimate of drug-likeness (QED) is 0.0175. The largest absolute Gasteiger partial charge is 0.493 e. The van der Waals surface area contributed by atoms with Crippen molar-refractivity contribution in [2.75, 3.05) is 66.4 Å². The number of benzene rings is 6. The van der Waals surface area contributed by atoms with Crippen LogP contribution < -0.4 is 46.1 Å². The standard InChI is InChI=1S/C94H111N13O9S3/c1-17-62(47-108)68(54(9)98-84-76(81-65(18-2)67-24-20-21-25-73(67)117-81)55(10)99-88(103-84)97-46-61-41-71(112-14)80(114-16)72(42-61)113-15)39-58-27-28-74-70(40-58)102-87(119-74)78-57(12)101-90(96-45-60-37-51(6)34-52(7)38-60)105-86(78)107-93-32-30-69-83(110)94(69,93)116-91(13,115-93)43-63-23-22-26-75-79(63)66(19-3)82(118-75)77-56(11)100-89(95-44-59-35-49(4)33-50(5)36-59)104-85(77)106-92(111)31-29-64(48-109)53(92)8/h20-28,33-38,40-42,53-54,62,64,68-69,83,108-111H,17-19,29-32,39,43-48H2,1-16H3,(H2,95,100,104,106)(H2,96,101,105,107)(H2,97,98,99,103). The molecule has 25 heteroatoms. The average Bonchev–Trinajstić information content (AvgIpc) is 1.47. The van der Waals surface area contributed by atoms with Gasteiger partial charge in [0, 0.05) is 76.3 Å². The molecule has 4 fully saturated rings. The van der Waals surface area contributed by atoms with Crippen molar-refractivity contribution in [1.29, 1.82) is 0 Å². The average molecular weight is 1660 g/mol. The maximum Gasteiger partial charge on any atom is 0.225 e. The summed E-state index contributed by atoms with van der Waals surface area (Å²) in [5.41, 5.74) is 14.1. The molecular formula is C94H111N13O9S3. The Morgan fingerprint density at radius 2 is 1.15 bits per heavy atom. The lowest BCUT2D eigenvalue weighted by Gasteiger charge is -2.34. The van der Waals surface area contributed by atoms with Gasteiger partial charge in [-0.05, 0) is 211 Å². The molecule has 11 unspecified atom stereocenters. The number of aliphatic hydroxyl groups excluding tert-OH is 3. The number of ether oxygens (including phenoxy) is 5. The van der Waals surface area contributed by atoms with Gasteiger partial charge in [-0.25, -0.2) is 19.9 Å². The Bertz CT molecular complexity index is 5770. The van der Waals surface area contributed by atoms with Gasteiger partial charge in [0.25, 0.3) is 0 Å². The summed E-state index contributed by atoms with van der Waals surface area (Å²) >= 11 is 5.02. The topological polar surface area (TPSA) is 289 Å². The van der Waals surface area contributed by atoms with Crippen molar-refractivity contribution in [2.24, 2.45) is 29.6 Å². The van der Waals surface area contributed by atoms with Crippen LogP contribution in [-0.2, 0) is 54.8 Å². The third-order valence-corrected chi connectivity index (χ3v) is 28.9. The number of aromatic nitrogens is 7. The van der Waals surface area contributed by atoms with Crippen LogP contribution in [0, 0.1) is 78.1 Å². The summed E-state index contributed by atoms with van der Waals surface area (Å²) in [6, 6.07) is 38.2. The van der Waals surface area contributed by atoms with Crippen molar-refractivity contribution in [3.8, 4) is 48.7 Å². The van der Waals surface area contributed by atoms with Gasteiger partial charge in [-0.2, -0.15) is 15.0 Å². The zero-order valence-corrected chi connectivity index (χ0v) is 73.5. The predicted octanol–water partition coefficient (Wildman–Crippen LogP) is 18.7. The highest BCUT2D eigenvalue weighted by atomic mass is 32.1. The number of nitrogens with zero attached hydrogens (tertiary/aromatic N) is 7. The molecule has 7 heterocycles. The monoisotopic (exact) mass is 1660 g/mol. The molecule has 0 amide bonds. The summed E-state index contributed by atoms with van der Waals surface area (Å²) in [4.78, 5) is 39.1. The molecule has 10 N–H and O–H groups in total. The van der Waals surface area contributed by atoms with E-state index < -0.39 is 28.9 Å². The van der Waals surface area contributed by atoms with E-state index in [2.05, 4.69) is 191 Å². The summed E-state index contributed by atoms with van der Waals surface area (Å²) < 4.78 is 35.5. The second kappa shape index (κ2) is 33.4. The number of aryl methyl sites for hydroxylation is 9. The van der Waals surface area contributed by atoms with Gasteiger partial charge >= 0.3 is 0 Å². The minimum atomic E-state index is -1.33. The second-order valence-electron chi connectivity index (χ2n) is 33.6. The van der Waals surface area contributed by atoms with Crippen LogP contribution in [0.4, 0.5) is 35.3 Å². The van der Waals surface area contributed by atoms with E-state index in [1.165, 1.54) is 26.8 Å². The van der Waals surface area contributed by atoms with Crippen LogP contribution in [0.25, 0.3) is 61.8 Å². The number of fused-ring (bicyclic) bond motifs is 3. The van der Waals surface area contributed by atoms with E-state index in [9.17, 15) is 20.4 Å². The molecule has 1 aliphatic heterocycles. The molecule has 0 radical (unpaired) electrons. The summed E-state index contributed by atoms with van der Waals surface area (Å²) in [5, 5.41) is 71.9. The van der Waals surface area contributed by atoms with Crippen molar-refractivity contribution < 1.29 is 44.1 Å². The molecule has 11 atom stereocenters. The van der Waals surface area contributed by atoms with E-state index in [1.807, 2.05) is 39.8 Å². The molecule has 1 saturated heterocycles. The highest BCUT2D eigenvalue weighted by Gasteiger charge is 2.86. The Balaban J connectivity index is 0.723. The van der Waals surface area contributed by atoms with Crippen molar-refractivity contribution >= 4 is 99.7 Å². The van der Waals surface area contributed by atoms with Gasteiger partial charge in [0.05, 0.1) is 71.4 Å². The van der Waals surface area contributed by atoms with Crippen molar-refractivity contribution in [3.05, 3.63) is 187 Å². The Labute approximate surface area is 708 Å². The summed E-state index contributed by atoms with van der Waals surface area (Å²) in [7, 11) is 4.81. The molecule has 6 aromatic carbocycles. The normalized spacial score (nSPS) is 21.9. The third-order valence-electron chi connectivity index (χ3n) is 25.4. The Morgan fingerprint density at radius 3 is 1.73 bits per heavy atom. The minimum Gasteiger partial charge on any atom is -0.493 e. The second-order valence-corrected chi connectivity index (χ2v) is 36.7. The van der Waals surface area contributed by atoms with Crippen LogP contribution in [-0.4, -0.2) is 125 Å². The number of methoxy groups -OCH3 is 3. The number of thiophene rings is 2. The Kier molecular flexibility index (Phi) is 23.3. The number of anilines is 6. The van der Waals surface area contributed by atoms with Crippen LogP contribution in [0.1, 0.15) is 152 Å². The highest BCUT2D eigenvalue weighted by molar-refractivity contribution is 7.23. The van der Waals surface area contributed by atoms with Gasteiger partial charge in [0.2, 0.25) is 23.6 Å². The fourth-order valence-electron chi connectivity index (χ4n) is 19.6. The van der Waals surface area contributed by atoms with Crippen LogP contribution in [0.2, 0.25) is 0 Å². The van der Waals surface area contributed by atoms with Crippen molar-refractivity contribution in [1.82, 2.24) is 34.9 Å². The molecule has 6 aromatic heterocycles. The smallest absolute Gasteiger partial charge is 0.225 e. The molecule has 1 spiro atoms. The zero-order chi connectivity index (χ0) is 83.7. The SMILES string of the molecule is CCc1c(-c2c(C)nc(NCc3cc(OC)c(OC)c(OC)c3)nc2NC(C)C(Cc2ccc3sc(-c4c(C)nc(NCc5cc(C)cc(C)c5)nc4NC45CCC6C(O)C64OC(C)(Cc4cccc6sc(-c7c(C)nc(NCc8cc(C)cc(C)c8)nc7NC7(O)CCC(CO)C7C)c(CC)c46)O5)nc3c2)C(CC)CO)sc2ccccc12. The molecular weight excluding hydrogens is 1550 g/mol. The number of hydrogen-bond acceptors (Lipinski definition) is 25. The summed E-state index contributed by atoms with van der Waals surface area (Å²) in [6.45, 7) is 28.6. The van der Waals surface area contributed by atoms with Gasteiger partial charge in [-0.15, -0.1) is 34.0 Å². The van der Waals surface area contributed by atoms with Gasteiger partial charge in [-0.3, -0.25) is 0 Å². The Morgan fingerprint density at radius 1 is 0.580 bits per heavy atom. The predicted molar refractivity (Wildman–Crippen MR) is 480 cm³/mol. The highest BCUT2D eigenvalue weighted by Crippen LogP contribution is 2.71. The molecule has 624 valence electrons. The van der Waals surface area contributed by atoms with Gasteiger partial charge in [0.15, 0.2) is 28.6 Å². The van der Waals surface area contributed by atoms with Crippen LogP contribution in [0.5, 0.6) is 17.2 Å². The van der Waals surface area contributed by atoms with Gasteiger partial charge < -0.3 is 76.0 Å². The molecule has 0 bridgehead atoms. The van der Waals surface area contributed by atoms with E-state index in [1.54, 1.807) is 55.3 Å². The van der Waals surface area contributed by atoms with Gasteiger partial charge in [-0.1, -0.05) is 129 Å². The van der Waals surface area contributed by atoms with Gasteiger partial charge in [0.1, 0.15) is 28.2 Å². The van der Waals surface area contributed by atoms with E-state index in [0.29, 0.717) is 133 Å². The van der Waals surface area contributed by atoms with E-state index in [4.69, 9.17) is 58.6 Å². The first-order valence-corrected chi connectivity index (χ1v) is 44.3.